The van der Waals surface area contributed by atoms with E-state index < -0.39 is 0 Å². The quantitative estimate of drug-likeness (QED) is 0.784. The Kier molecular flexibility index (Phi) is 3.08. The molecular weight excluding hydrogens is 186 g/mol. The minimum Gasteiger partial charge on any atom is -0.395 e. The lowest BCUT2D eigenvalue weighted by Crippen LogP contribution is -2.37. The Morgan fingerprint density at radius 2 is 1.80 bits per heavy atom. The maximum atomic E-state index is 9.60. The molecule has 1 N–H and O–H groups in total. The van der Waals surface area contributed by atoms with Gasteiger partial charge < -0.3 is 5.11 Å². The summed E-state index contributed by atoms with van der Waals surface area (Å²) < 4.78 is 0. The average Bonchev–Trinajstić information content (AvgIpc) is 2.32. The van der Waals surface area contributed by atoms with Crippen LogP contribution in [0.2, 0.25) is 0 Å². The van der Waals surface area contributed by atoms with Crippen molar-refractivity contribution in [3.8, 4) is 0 Å². The molecule has 80 valence electrons. The molecule has 1 saturated carbocycles. The van der Waals surface area contributed by atoms with Gasteiger partial charge in [0.15, 0.2) is 0 Å². The van der Waals surface area contributed by atoms with Crippen molar-refractivity contribution >= 4 is 0 Å². The van der Waals surface area contributed by atoms with Crippen molar-refractivity contribution in [1.82, 2.24) is 5.73 Å². The number of nitrogens with zero attached hydrogens (tertiary/aromatic N) is 1. The highest BCUT2D eigenvalue weighted by Crippen LogP contribution is 2.38. The minimum atomic E-state index is -0.173. The molecule has 0 heterocycles. The first-order valence-electron chi connectivity index (χ1n) is 5.61. The highest BCUT2D eigenvalue weighted by molar-refractivity contribution is 5.26. The van der Waals surface area contributed by atoms with Crippen molar-refractivity contribution < 1.29 is 5.11 Å². The summed E-state index contributed by atoms with van der Waals surface area (Å²) in [6, 6.07) is 10.00. The zero-order valence-electron chi connectivity index (χ0n) is 8.89. The Bertz CT molecular complexity index is 302. The lowest BCUT2D eigenvalue weighted by atomic mass is 9.69. The molecule has 0 amide bonds. The summed E-state index contributed by atoms with van der Waals surface area (Å²) in [4.78, 5) is 0. The first-order chi connectivity index (χ1) is 7.27. The molecule has 0 spiro atoms. The third-order valence-electron chi connectivity index (χ3n) is 3.60. The number of hydrogen-bond acceptors (Lipinski definition) is 1. The van der Waals surface area contributed by atoms with Gasteiger partial charge in [-0.25, -0.2) is 0 Å². The molecule has 0 aromatic heterocycles. The molecule has 15 heavy (non-hydrogen) atoms. The zero-order chi connectivity index (χ0) is 10.7. The molecule has 1 fully saturated rings. The minimum absolute atomic E-state index is 0.111. The first-order valence-corrected chi connectivity index (χ1v) is 5.61. The molecule has 2 nitrogen and oxygen atoms in total. The van der Waals surface area contributed by atoms with E-state index in [-0.39, 0.29) is 18.1 Å². The summed E-state index contributed by atoms with van der Waals surface area (Å²) in [6.45, 7) is 0.184. The lowest BCUT2D eigenvalue weighted by Gasteiger charge is -2.37. The Balaban J connectivity index is 2.23. The van der Waals surface area contributed by atoms with Crippen LogP contribution in [0.5, 0.6) is 0 Å². The van der Waals surface area contributed by atoms with Gasteiger partial charge in [0.05, 0.1) is 6.61 Å². The Morgan fingerprint density at radius 1 is 1.20 bits per heavy atom. The number of rotatable bonds is 2. The fraction of sp³-hybridized carbons (Fsp3) is 0.538. The van der Waals surface area contributed by atoms with Gasteiger partial charge in [0, 0.05) is 11.5 Å². The van der Waals surface area contributed by atoms with E-state index in [1.165, 1.54) is 5.56 Å². The number of aliphatic hydroxyl groups excluding tert-OH is 1. The van der Waals surface area contributed by atoms with Crippen LogP contribution in [0.3, 0.4) is 0 Å². The summed E-state index contributed by atoms with van der Waals surface area (Å²) >= 11 is 0. The summed E-state index contributed by atoms with van der Waals surface area (Å²) in [5.41, 5.74) is 10.6. The average molecular weight is 203 g/mol. The Labute approximate surface area is 91.1 Å². The monoisotopic (exact) mass is 203 g/mol. The van der Waals surface area contributed by atoms with Crippen molar-refractivity contribution in [2.45, 2.75) is 37.1 Å². The van der Waals surface area contributed by atoms with Crippen LogP contribution >= 0.6 is 0 Å². The molecule has 0 atom stereocenters. The van der Waals surface area contributed by atoms with Crippen LogP contribution in [0.1, 0.15) is 31.2 Å². The fourth-order valence-electron chi connectivity index (χ4n) is 2.48. The second kappa shape index (κ2) is 4.33. The number of hydrogen-bond donors (Lipinski definition) is 1. The molecule has 0 aliphatic heterocycles. The number of benzene rings is 1. The standard InChI is InChI=1S/C13H17NO/c14-12-6-8-13(10-15,9-7-12)11-4-2-1-3-5-11/h1-5,12,15H,6-10H2/t12-,13-. The van der Waals surface area contributed by atoms with E-state index >= 15 is 0 Å². The van der Waals surface area contributed by atoms with Crippen molar-refractivity contribution in [3.05, 3.63) is 35.9 Å². The van der Waals surface area contributed by atoms with Crippen LogP contribution in [0.25, 0.3) is 0 Å². The third kappa shape index (κ3) is 2.06. The van der Waals surface area contributed by atoms with E-state index in [0.717, 1.165) is 25.7 Å². The Morgan fingerprint density at radius 3 is 2.33 bits per heavy atom. The Hall–Kier alpha value is -0.860. The van der Waals surface area contributed by atoms with Crippen LogP contribution in [0.4, 0.5) is 0 Å². The van der Waals surface area contributed by atoms with Gasteiger partial charge in [-0.15, -0.1) is 5.73 Å². The van der Waals surface area contributed by atoms with E-state index in [1.807, 2.05) is 18.2 Å². The smallest absolute Gasteiger partial charge is 0.0527 e. The van der Waals surface area contributed by atoms with Crippen LogP contribution in [0.15, 0.2) is 30.3 Å². The SMILES string of the molecule is [N][C@H]1CC[C@](CO)(c2ccccc2)CC1. The molecule has 0 saturated heterocycles. The fourth-order valence-corrected chi connectivity index (χ4v) is 2.48. The second-order valence-corrected chi connectivity index (χ2v) is 4.54. The predicted molar refractivity (Wildman–Crippen MR) is 59.6 cm³/mol. The molecule has 1 aliphatic carbocycles. The van der Waals surface area contributed by atoms with Crippen LogP contribution < -0.4 is 5.73 Å². The molecule has 1 aromatic carbocycles. The summed E-state index contributed by atoms with van der Waals surface area (Å²) in [6.07, 6.45) is 3.37. The van der Waals surface area contributed by atoms with Crippen LogP contribution in [-0.2, 0) is 5.41 Å². The van der Waals surface area contributed by atoms with Gasteiger partial charge in [0.2, 0.25) is 0 Å². The normalized spacial score (nSPS) is 31.5. The van der Waals surface area contributed by atoms with E-state index in [2.05, 4.69) is 12.1 Å². The van der Waals surface area contributed by atoms with Gasteiger partial charge in [0.25, 0.3) is 0 Å². The first kappa shape index (κ1) is 10.7. The molecule has 2 rings (SSSR count). The molecule has 0 unspecified atom stereocenters. The van der Waals surface area contributed by atoms with Gasteiger partial charge in [-0.3, -0.25) is 0 Å². The molecule has 2 radical (unpaired) electrons. The molecule has 1 aliphatic rings. The third-order valence-corrected chi connectivity index (χ3v) is 3.60. The number of aliphatic hydroxyl groups is 1. The topological polar surface area (TPSA) is 42.5 Å². The van der Waals surface area contributed by atoms with Gasteiger partial charge in [-0.1, -0.05) is 30.3 Å². The van der Waals surface area contributed by atoms with Crippen molar-refractivity contribution in [2.75, 3.05) is 6.61 Å². The van der Waals surface area contributed by atoms with Gasteiger partial charge in [-0.2, -0.15) is 0 Å². The van der Waals surface area contributed by atoms with Gasteiger partial charge in [0.1, 0.15) is 0 Å². The highest BCUT2D eigenvalue weighted by atomic mass is 16.3. The highest BCUT2D eigenvalue weighted by Gasteiger charge is 2.35. The van der Waals surface area contributed by atoms with E-state index in [1.54, 1.807) is 0 Å². The van der Waals surface area contributed by atoms with Gasteiger partial charge in [-0.05, 0) is 31.2 Å². The lowest BCUT2D eigenvalue weighted by molar-refractivity contribution is 0.144. The van der Waals surface area contributed by atoms with Crippen molar-refractivity contribution in [1.29, 1.82) is 0 Å². The van der Waals surface area contributed by atoms with E-state index in [9.17, 15) is 10.8 Å². The maximum absolute atomic E-state index is 9.60. The summed E-state index contributed by atoms with van der Waals surface area (Å²) in [5.74, 6) is 0. The summed E-state index contributed by atoms with van der Waals surface area (Å²) in [7, 11) is 0. The summed E-state index contributed by atoms with van der Waals surface area (Å²) in [5, 5.41) is 9.60. The molecule has 1 aromatic rings. The predicted octanol–water partition coefficient (Wildman–Crippen LogP) is 1.93. The molecular formula is C13H17NO. The van der Waals surface area contributed by atoms with E-state index in [4.69, 9.17) is 0 Å². The largest absolute Gasteiger partial charge is 0.395 e. The maximum Gasteiger partial charge on any atom is 0.0527 e. The zero-order valence-corrected chi connectivity index (χ0v) is 8.89. The molecule has 2 heteroatoms. The van der Waals surface area contributed by atoms with Crippen molar-refractivity contribution in [2.24, 2.45) is 0 Å². The van der Waals surface area contributed by atoms with Crippen molar-refractivity contribution in [3.63, 3.8) is 0 Å². The molecule has 0 bridgehead atoms. The van der Waals surface area contributed by atoms with Gasteiger partial charge >= 0.3 is 0 Å². The second-order valence-electron chi connectivity index (χ2n) is 4.54. The van der Waals surface area contributed by atoms with Crippen LogP contribution in [-0.4, -0.2) is 17.8 Å². The van der Waals surface area contributed by atoms with E-state index in [0.29, 0.717) is 0 Å². The van der Waals surface area contributed by atoms with Crippen LogP contribution in [0, 0.1) is 0 Å².